The van der Waals surface area contributed by atoms with Gasteiger partial charge in [-0.05, 0) is 6.42 Å². The van der Waals surface area contributed by atoms with E-state index in [2.05, 4.69) is 23.3 Å². The topological polar surface area (TPSA) is 110 Å². The average molecular weight is 206 g/mol. The van der Waals surface area contributed by atoms with Crippen LogP contribution in [0.2, 0.25) is 0 Å². The van der Waals surface area contributed by atoms with Crippen LogP contribution in [-0.2, 0) is 0 Å². The quantitative estimate of drug-likeness (QED) is 0.321. The average Bonchev–Trinajstić information content (AvgIpc) is 1.81. The number of hydrogen-bond acceptors (Lipinski definition) is 3. The Morgan fingerprint density at radius 3 is 1.92 bits per heavy atom. The minimum absolute atomic E-state index is 0.433. The van der Waals surface area contributed by atoms with Gasteiger partial charge < -0.3 is 22.1 Å². The lowest BCUT2D eigenvalue weighted by molar-refractivity contribution is 0.229. The fraction of sp³-hybridized carbons (Fsp3) is 0.667. The van der Waals surface area contributed by atoms with E-state index < -0.39 is 17.1 Å². The van der Waals surface area contributed by atoms with E-state index in [0.29, 0.717) is 12.8 Å². The maximum Gasteiger partial charge on any atom is 0.314 e. The summed E-state index contributed by atoms with van der Waals surface area (Å²) in [6, 6.07) is -1.53. The van der Waals surface area contributed by atoms with Gasteiger partial charge in [-0.3, -0.25) is 0 Å². The van der Waals surface area contributed by atoms with Gasteiger partial charge in [0.05, 0.1) is 0 Å². The van der Waals surface area contributed by atoms with Crippen LogP contribution in [0.1, 0.15) is 19.8 Å². The maximum absolute atomic E-state index is 10.5. The van der Waals surface area contributed by atoms with Gasteiger partial charge in [-0.2, -0.15) is 0 Å². The summed E-state index contributed by atoms with van der Waals surface area (Å²) in [7, 11) is 0. The molecule has 0 atom stereocenters. The van der Waals surface area contributed by atoms with Crippen molar-refractivity contribution in [2.45, 2.75) is 24.8 Å². The number of urea groups is 2. The molecule has 76 valence electrons. The van der Waals surface area contributed by atoms with E-state index in [4.69, 9.17) is 11.5 Å². The summed E-state index contributed by atoms with van der Waals surface area (Å²) in [5.74, 6) is 0. The first-order valence-electron chi connectivity index (χ1n) is 3.77. The molecule has 0 unspecified atom stereocenters. The Kier molecular flexibility index (Phi) is 4.39. The standard InChI is InChI=1S/C6H14N4O2S/c1-2-3-6(13,9-4(7)11)10-5(8)12/h13H,2-3H2,1H3,(H3,7,9,11)(H3,8,10,12). The lowest BCUT2D eigenvalue weighted by atomic mass is 10.2. The van der Waals surface area contributed by atoms with Crippen molar-refractivity contribution < 1.29 is 9.59 Å². The smallest absolute Gasteiger partial charge is 0.314 e. The first kappa shape index (κ1) is 11.9. The lowest BCUT2D eigenvalue weighted by Crippen LogP contribution is -2.59. The highest BCUT2D eigenvalue weighted by molar-refractivity contribution is 7.81. The molecule has 0 aliphatic rings. The molecule has 0 rings (SSSR count). The number of amides is 4. The summed E-state index contributed by atoms with van der Waals surface area (Å²) in [5, 5.41) is 4.56. The van der Waals surface area contributed by atoms with Crippen molar-refractivity contribution in [3.63, 3.8) is 0 Å². The Balaban J connectivity index is 4.32. The molecule has 0 saturated heterocycles. The number of carbonyl (C=O) groups is 2. The fourth-order valence-corrected chi connectivity index (χ4v) is 1.37. The minimum Gasteiger partial charge on any atom is -0.352 e. The molecule has 0 heterocycles. The van der Waals surface area contributed by atoms with Gasteiger partial charge in [0.25, 0.3) is 0 Å². The number of thiol groups is 1. The summed E-state index contributed by atoms with van der Waals surface area (Å²) in [6.07, 6.45) is 1.14. The largest absolute Gasteiger partial charge is 0.352 e. The van der Waals surface area contributed by atoms with Crippen molar-refractivity contribution in [2.24, 2.45) is 11.5 Å². The SMILES string of the molecule is CCCC(S)(NC(N)=O)NC(N)=O. The number of primary amides is 2. The second-order valence-corrected chi connectivity index (χ2v) is 3.35. The third kappa shape index (κ3) is 5.18. The van der Waals surface area contributed by atoms with Gasteiger partial charge in [-0.25, -0.2) is 9.59 Å². The van der Waals surface area contributed by atoms with E-state index in [1.165, 1.54) is 0 Å². The monoisotopic (exact) mass is 206 g/mol. The van der Waals surface area contributed by atoms with Gasteiger partial charge in [0.15, 0.2) is 4.99 Å². The van der Waals surface area contributed by atoms with Gasteiger partial charge in [-0.15, -0.1) is 12.6 Å². The molecule has 0 aromatic rings. The van der Waals surface area contributed by atoms with Crippen molar-refractivity contribution >= 4 is 24.7 Å². The van der Waals surface area contributed by atoms with E-state index in [1.807, 2.05) is 6.92 Å². The molecular weight excluding hydrogens is 192 g/mol. The molecule has 6 nitrogen and oxygen atoms in total. The van der Waals surface area contributed by atoms with Gasteiger partial charge in [-0.1, -0.05) is 13.3 Å². The molecule has 0 fully saturated rings. The van der Waals surface area contributed by atoms with Crippen LogP contribution < -0.4 is 22.1 Å². The molecule has 0 aliphatic carbocycles. The summed E-state index contributed by atoms with van der Waals surface area (Å²) in [4.78, 5) is 19.9. The van der Waals surface area contributed by atoms with Gasteiger partial charge >= 0.3 is 12.1 Å². The Labute approximate surface area is 81.8 Å². The number of nitrogens with one attached hydrogen (secondary N) is 2. The Hall–Kier alpha value is -1.11. The zero-order valence-electron chi connectivity index (χ0n) is 7.33. The second kappa shape index (κ2) is 4.80. The predicted octanol–water partition coefficient (Wildman–Crippen LogP) is -0.293. The van der Waals surface area contributed by atoms with Crippen molar-refractivity contribution in [1.82, 2.24) is 10.6 Å². The molecular formula is C6H14N4O2S. The highest BCUT2D eigenvalue weighted by atomic mass is 32.1. The number of hydrogen-bond donors (Lipinski definition) is 5. The fourth-order valence-electron chi connectivity index (χ4n) is 0.926. The molecule has 0 aliphatic heterocycles. The van der Waals surface area contributed by atoms with Crippen LogP contribution in [0.25, 0.3) is 0 Å². The minimum atomic E-state index is -1.16. The Morgan fingerprint density at radius 1 is 1.31 bits per heavy atom. The zero-order chi connectivity index (χ0) is 10.5. The third-order valence-corrected chi connectivity index (χ3v) is 1.72. The second-order valence-electron chi connectivity index (χ2n) is 2.59. The molecule has 7 heteroatoms. The predicted molar refractivity (Wildman–Crippen MR) is 52.1 cm³/mol. The van der Waals surface area contributed by atoms with Crippen molar-refractivity contribution in [3.05, 3.63) is 0 Å². The van der Waals surface area contributed by atoms with Crippen LogP contribution in [0, 0.1) is 0 Å². The summed E-state index contributed by atoms with van der Waals surface area (Å²) >= 11 is 4.05. The van der Waals surface area contributed by atoms with Gasteiger partial charge in [0.2, 0.25) is 0 Å². The van der Waals surface area contributed by atoms with Crippen LogP contribution in [0.5, 0.6) is 0 Å². The Bertz CT molecular complexity index is 193. The molecule has 0 aromatic heterocycles. The molecule has 0 bridgehead atoms. The molecule has 0 saturated carbocycles. The van der Waals surface area contributed by atoms with Gasteiger partial charge in [0, 0.05) is 0 Å². The molecule has 4 amide bonds. The van der Waals surface area contributed by atoms with E-state index in [9.17, 15) is 9.59 Å². The summed E-state index contributed by atoms with van der Waals surface area (Å²) in [5.41, 5.74) is 9.79. The molecule has 13 heavy (non-hydrogen) atoms. The molecule has 6 N–H and O–H groups in total. The highest BCUT2D eigenvalue weighted by Gasteiger charge is 2.26. The van der Waals surface area contributed by atoms with Crippen LogP contribution in [0.3, 0.4) is 0 Å². The molecule has 0 aromatic carbocycles. The van der Waals surface area contributed by atoms with E-state index >= 15 is 0 Å². The number of rotatable bonds is 4. The lowest BCUT2D eigenvalue weighted by Gasteiger charge is -2.28. The van der Waals surface area contributed by atoms with Crippen LogP contribution >= 0.6 is 12.6 Å². The molecule has 0 radical (unpaired) electrons. The van der Waals surface area contributed by atoms with Crippen LogP contribution in [0.4, 0.5) is 9.59 Å². The maximum atomic E-state index is 10.5. The Morgan fingerprint density at radius 2 is 1.69 bits per heavy atom. The third-order valence-electron chi connectivity index (χ3n) is 1.27. The van der Waals surface area contributed by atoms with Crippen molar-refractivity contribution in [3.8, 4) is 0 Å². The highest BCUT2D eigenvalue weighted by Crippen LogP contribution is 2.13. The normalized spacial score (nSPS) is 10.6. The summed E-state index contributed by atoms with van der Waals surface area (Å²) in [6.45, 7) is 1.87. The van der Waals surface area contributed by atoms with Crippen LogP contribution in [0.15, 0.2) is 0 Å². The first-order chi connectivity index (χ1) is 5.89. The molecule has 0 spiro atoms. The van der Waals surface area contributed by atoms with Crippen LogP contribution in [-0.4, -0.2) is 17.1 Å². The van der Waals surface area contributed by atoms with E-state index in [1.54, 1.807) is 0 Å². The van der Waals surface area contributed by atoms with Crippen molar-refractivity contribution in [2.75, 3.05) is 0 Å². The number of nitrogens with two attached hydrogens (primary N) is 2. The zero-order valence-corrected chi connectivity index (χ0v) is 8.23. The summed E-state index contributed by atoms with van der Waals surface area (Å²) < 4.78 is 0. The number of carbonyl (C=O) groups excluding carboxylic acids is 2. The van der Waals surface area contributed by atoms with E-state index in [0.717, 1.165) is 0 Å². The first-order valence-corrected chi connectivity index (χ1v) is 4.22. The van der Waals surface area contributed by atoms with E-state index in [-0.39, 0.29) is 0 Å². The van der Waals surface area contributed by atoms with Gasteiger partial charge in [0.1, 0.15) is 0 Å². The van der Waals surface area contributed by atoms with Crippen molar-refractivity contribution in [1.29, 1.82) is 0 Å².